The van der Waals surface area contributed by atoms with Crippen LogP contribution in [0.4, 0.5) is 15.8 Å². The van der Waals surface area contributed by atoms with Gasteiger partial charge in [-0.25, -0.2) is 9.82 Å². The van der Waals surface area contributed by atoms with E-state index in [-0.39, 0.29) is 6.61 Å². The number of halogens is 2. The van der Waals surface area contributed by atoms with E-state index in [9.17, 15) is 18.8 Å². The second kappa shape index (κ2) is 13.5. The predicted octanol–water partition coefficient (Wildman–Crippen LogP) is 4.55. The average Bonchev–Trinajstić information content (AvgIpc) is 2.87. The van der Waals surface area contributed by atoms with Crippen LogP contribution in [0.3, 0.4) is 0 Å². The third kappa shape index (κ3) is 8.00. The molecule has 0 saturated heterocycles. The molecule has 11 heteroatoms. The number of nitrogens with one attached hydrogen (secondary N) is 3. The number of aryl methyl sites for hydroxylation is 2. The minimum atomic E-state index is -0.921. The SMILES string of the molecule is CCOc1cc(/C=N\NC(=O)C(=O)Nc2c(C)cccc2C)cc(I)c1OCC(=O)Nc1ccc(F)cc1. The van der Waals surface area contributed by atoms with Crippen molar-refractivity contribution < 1.29 is 28.2 Å². The molecular formula is C27H26FIN4O5. The van der Waals surface area contributed by atoms with Crippen LogP contribution in [0.5, 0.6) is 11.5 Å². The number of benzene rings is 3. The molecule has 3 rings (SSSR count). The van der Waals surface area contributed by atoms with Crippen molar-refractivity contribution in [2.45, 2.75) is 20.8 Å². The molecule has 0 aliphatic carbocycles. The Labute approximate surface area is 232 Å². The normalized spacial score (nSPS) is 10.7. The Balaban J connectivity index is 1.62. The summed E-state index contributed by atoms with van der Waals surface area (Å²) in [5.41, 5.74) is 5.47. The number of rotatable bonds is 9. The first-order chi connectivity index (χ1) is 18.2. The summed E-state index contributed by atoms with van der Waals surface area (Å²) in [6.07, 6.45) is 1.36. The highest BCUT2D eigenvalue weighted by Crippen LogP contribution is 2.34. The average molecular weight is 632 g/mol. The fourth-order valence-corrected chi connectivity index (χ4v) is 4.11. The fourth-order valence-electron chi connectivity index (χ4n) is 3.33. The van der Waals surface area contributed by atoms with Crippen LogP contribution in [0, 0.1) is 23.2 Å². The summed E-state index contributed by atoms with van der Waals surface area (Å²) in [7, 11) is 0. The molecule has 9 nitrogen and oxygen atoms in total. The van der Waals surface area contributed by atoms with Crippen LogP contribution in [0.15, 0.2) is 59.7 Å². The van der Waals surface area contributed by atoms with Crippen molar-refractivity contribution in [3.8, 4) is 11.5 Å². The number of anilines is 2. The van der Waals surface area contributed by atoms with Gasteiger partial charge < -0.3 is 20.1 Å². The van der Waals surface area contributed by atoms with Gasteiger partial charge in [-0.15, -0.1) is 0 Å². The monoisotopic (exact) mass is 632 g/mol. The molecule has 198 valence electrons. The maximum absolute atomic E-state index is 13.0. The van der Waals surface area contributed by atoms with E-state index in [1.807, 2.05) is 54.6 Å². The first-order valence-electron chi connectivity index (χ1n) is 11.5. The van der Waals surface area contributed by atoms with E-state index in [0.717, 1.165) is 11.1 Å². The van der Waals surface area contributed by atoms with Crippen LogP contribution in [0.25, 0.3) is 0 Å². The van der Waals surface area contributed by atoms with Crippen LogP contribution in [0.1, 0.15) is 23.6 Å². The Kier molecular flexibility index (Phi) is 10.2. The van der Waals surface area contributed by atoms with E-state index in [2.05, 4.69) is 21.2 Å². The third-order valence-electron chi connectivity index (χ3n) is 5.11. The summed E-state index contributed by atoms with van der Waals surface area (Å²) in [6.45, 7) is 5.51. The molecule has 0 fully saturated rings. The minimum absolute atomic E-state index is 0.299. The third-order valence-corrected chi connectivity index (χ3v) is 5.91. The number of hydrazone groups is 1. The zero-order chi connectivity index (χ0) is 27.7. The van der Waals surface area contributed by atoms with E-state index in [1.54, 1.807) is 19.1 Å². The zero-order valence-corrected chi connectivity index (χ0v) is 23.1. The van der Waals surface area contributed by atoms with Gasteiger partial charge in [-0.1, -0.05) is 18.2 Å². The van der Waals surface area contributed by atoms with Gasteiger partial charge in [-0.3, -0.25) is 14.4 Å². The summed E-state index contributed by atoms with van der Waals surface area (Å²) in [5.74, 6) is -1.87. The van der Waals surface area contributed by atoms with Gasteiger partial charge in [0.1, 0.15) is 5.82 Å². The lowest BCUT2D eigenvalue weighted by molar-refractivity contribution is -0.136. The quantitative estimate of drug-likeness (QED) is 0.139. The van der Waals surface area contributed by atoms with Gasteiger partial charge >= 0.3 is 11.8 Å². The van der Waals surface area contributed by atoms with Gasteiger partial charge in [-0.05, 0) is 96.5 Å². The Bertz CT molecular complexity index is 1340. The summed E-state index contributed by atoms with van der Waals surface area (Å²) in [4.78, 5) is 36.7. The van der Waals surface area contributed by atoms with Gasteiger partial charge in [0, 0.05) is 11.4 Å². The molecule has 0 atom stereocenters. The van der Waals surface area contributed by atoms with Gasteiger partial charge in [-0.2, -0.15) is 5.10 Å². The van der Waals surface area contributed by atoms with Gasteiger partial charge in [0.15, 0.2) is 18.1 Å². The molecule has 0 unspecified atom stereocenters. The highest BCUT2D eigenvalue weighted by Gasteiger charge is 2.16. The molecule has 38 heavy (non-hydrogen) atoms. The standard InChI is InChI=1S/C27H26FIN4O5/c1-4-37-22-13-18(14-30-33-27(36)26(35)32-24-16(2)6-5-7-17(24)3)12-21(29)25(22)38-15-23(34)31-20-10-8-19(28)9-11-20/h5-14H,4,15H2,1-3H3,(H,31,34)(H,32,35)(H,33,36)/b30-14-. The van der Waals surface area contributed by atoms with Crippen molar-refractivity contribution in [3.05, 3.63) is 80.7 Å². The molecule has 3 aromatic rings. The number of amides is 3. The highest BCUT2D eigenvalue weighted by molar-refractivity contribution is 14.1. The van der Waals surface area contributed by atoms with Crippen molar-refractivity contribution in [3.63, 3.8) is 0 Å². The molecule has 0 aliphatic heterocycles. The van der Waals surface area contributed by atoms with Crippen molar-refractivity contribution in [1.29, 1.82) is 0 Å². The number of ether oxygens (including phenoxy) is 2. The molecule has 0 radical (unpaired) electrons. The smallest absolute Gasteiger partial charge is 0.329 e. The Hall–Kier alpha value is -4.00. The maximum atomic E-state index is 13.0. The Morgan fingerprint density at radius 2 is 1.66 bits per heavy atom. The molecule has 3 amide bonds. The Morgan fingerprint density at radius 3 is 2.32 bits per heavy atom. The second-order valence-corrected chi connectivity index (χ2v) is 9.19. The number of nitrogens with zero attached hydrogens (tertiary/aromatic N) is 1. The summed E-state index contributed by atoms with van der Waals surface area (Å²) < 4.78 is 25.0. The number of carbonyl (C=O) groups is 3. The van der Waals surface area contributed by atoms with E-state index < -0.39 is 23.5 Å². The molecule has 0 saturated carbocycles. The first-order valence-corrected chi connectivity index (χ1v) is 12.6. The van der Waals surface area contributed by atoms with E-state index in [4.69, 9.17) is 9.47 Å². The largest absolute Gasteiger partial charge is 0.490 e. The van der Waals surface area contributed by atoms with Crippen LogP contribution in [-0.2, 0) is 14.4 Å². The van der Waals surface area contributed by atoms with E-state index >= 15 is 0 Å². The number of hydrogen-bond acceptors (Lipinski definition) is 6. The van der Waals surface area contributed by atoms with Gasteiger partial charge in [0.25, 0.3) is 5.91 Å². The molecular weight excluding hydrogens is 606 g/mol. The number of para-hydroxylation sites is 1. The fraction of sp³-hybridized carbons (Fsp3) is 0.185. The van der Waals surface area contributed by atoms with Crippen molar-refractivity contribution in [1.82, 2.24) is 5.43 Å². The maximum Gasteiger partial charge on any atom is 0.329 e. The summed E-state index contributed by atoms with van der Waals surface area (Å²) in [6, 6.07) is 14.3. The lowest BCUT2D eigenvalue weighted by atomic mass is 10.1. The highest BCUT2D eigenvalue weighted by atomic mass is 127. The van der Waals surface area contributed by atoms with Crippen molar-refractivity contribution >= 4 is 57.9 Å². The number of hydrogen-bond donors (Lipinski definition) is 3. The van der Waals surface area contributed by atoms with Crippen LogP contribution in [-0.4, -0.2) is 37.1 Å². The summed E-state index contributed by atoms with van der Waals surface area (Å²) >= 11 is 2.03. The molecule has 0 heterocycles. The zero-order valence-electron chi connectivity index (χ0n) is 20.9. The molecule has 0 bridgehead atoms. The van der Waals surface area contributed by atoms with Crippen LogP contribution in [0.2, 0.25) is 0 Å². The lowest BCUT2D eigenvalue weighted by Gasteiger charge is -2.14. The Morgan fingerprint density at radius 1 is 0.974 bits per heavy atom. The van der Waals surface area contributed by atoms with Gasteiger partial charge in [0.2, 0.25) is 0 Å². The van der Waals surface area contributed by atoms with Gasteiger partial charge in [0.05, 0.1) is 16.4 Å². The topological polar surface area (TPSA) is 118 Å². The molecule has 0 aromatic heterocycles. The minimum Gasteiger partial charge on any atom is -0.490 e. The van der Waals surface area contributed by atoms with E-state index in [0.29, 0.717) is 38.6 Å². The van der Waals surface area contributed by atoms with Crippen molar-refractivity contribution in [2.75, 3.05) is 23.8 Å². The predicted molar refractivity (Wildman–Crippen MR) is 151 cm³/mol. The first kappa shape index (κ1) is 28.6. The lowest BCUT2D eigenvalue weighted by Crippen LogP contribution is -2.32. The second-order valence-electron chi connectivity index (χ2n) is 8.03. The molecule has 0 aliphatic rings. The molecule has 0 spiro atoms. The van der Waals surface area contributed by atoms with Crippen molar-refractivity contribution in [2.24, 2.45) is 5.10 Å². The van der Waals surface area contributed by atoms with Crippen LogP contribution >= 0.6 is 22.6 Å². The molecule has 3 N–H and O–H groups in total. The summed E-state index contributed by atoms with van der Waals surface area (Å²) in [5, 5.41) is 9.09. The number of carbonyl (C=O) groups excluding carboxylic acids is 3. The molecule has 3 aromatic carbocycles. The van der Waals surface area contributed by atoms with Crippen LogP contribution < -0.4 is 25.5 Å². The van der Waals surface area contributed by atoms with E-state index in [1.165, 1.54) is 30.5 Å².